The molecule has 0 spiro atoms. The van der Waals surface area contributed by atoms with Gasteiger partial charge in [0.2, 0.25) is 0 Å². The molecule has 2 aromatic heterocycles. The van der Waals surface area contributed by atoms with Gasteiger partial charge in [-0.15, -0.1) is 0 Å². The third-order valence-electron chi connectivity index (χ3n) is 4.56. The molecule has 0 saturated heterocycles. The van der Waals surface area contributed by atoms with Crippen molar-refractivity contribution in [2.45, 2.75) is 31.7 Å². The highest BCUT2D eigenvalue weighted by Gasteiger charge is 2.27. The molecule has 25 heavy (non-hydrogen) atoms. The van der Waals surface area contributed by atoms with E-state index < -0.39 is 6.67 Å². The first-order chi connectivity index (χ1) is 12.1. The Bertz CT molecular complexity index is 780. The summed E-state index contributed by atoms with van der Waals surface area (Å²) in [5.41, 5.74) is 3.53. The minimum atomic E-state index is -0.500. The topological polar surface area (TPSA) is 51.0 Å². The highest BCUT2D eigenvalue weighted by atomic mass is 19.1. The van der Waals surface area contributed by atoms with Crippen LogP contribution in [0.1, 0.15) is 46.1 Å². The molecule has 1 aliphatic rings. The van der Waals surface area contributed by atoms with Gasteiger partial charge in [0.25, 0.3) is 0 Å². The molecule has 0 bridgehead atoms. The van der Waals surface area contributed by atoms with Gasteiger partial charge in [-0.3, -0.25) is 14.5 Å². The average Bonchev–Trinajstić information content (AvgIpc) is 3.38. The molecule has 2 heterocycles. The van der Waals surface area contributed by atoms with Crippen LogP contribution >= 0.6 is 0 Å². The number of rotatable bonds is 8. The summed E-state index contributed by atoms with van der Waals surface area (Å²) in [6, 6.07) is 3.84. The number of pyridine rings is 1. The number of nitrogens with zero attached hydrogens (tertiary/aromatic N) is 4. The summed E-state index contributed by atoms with van der Waals surface area (Å²) in [5, 5.41) is 4.60. The zero-order valence-electron chi connectivity index (χ0n) is 14.7. The highest BCUT2D eigenvalue weighted by Crippen LogP contribution is 2.40. The molecule has 0 amide bonds. The minimum absolute atomic E-state index is 0.500. The van der Waals surface area contributed by atoms with E-state index >= 15 is 0 Å². The lowest BCUT2D eigenvalue weighted by Crippen LogP contribution is -2.20. The Hall–Kier alpha value is -2.50. The molecule has 1 aliphatic carbocycles. The second-order valence-electron chi connectivity index (χ2n) is 6.45. The smallest absolute Gasteiger partial charge is 0.150 e. The number of hydrogen-bond acceptors (Lipinski definition) is 4. The molecule has 3 rings (SSSR count). The van der Waals surface area contributed by atoms with E-state index in [4.69, 9.17) is 0 Å². The quantitative estimate of drug-likeness (QED) is 0.546. The standard InChI is InChI=1S/C19H23FN4O/c1-23(19-11-18(14-6-7-14)24(2)22-19)12-16-15(13-25)8-10-21-17(16)5-3-4-9-20/h3-4,8,10-11,13-14H,5-7,9,12H2,1-2H3/b4-3-. The largest absolute Gasteiger partial charge is 0.354 e. The van der Waals surface area contributed by atoms with Crippen molar-refractivity contribution in [3.8, 4) is 0 Å². The van der Waals surface area contributed by atoms with Gasteiger partial charge in [-0.25, -0.2) is 4.39 Å². The summed E-state index contributed by atoms with van der Waals surface area (Å²) < 4.78 is 14.2. The lowest BCUT2D eigenvalue weighted by Gasteiger charge is -2.19. The number of aryl methyl sites for hydroxylation is 1. The Balaban J connectivity index is 1.84. The number of anilines is 1. The number of hydrogen-bond donors (Lipinski definition) is 0. The average molecular weight is 342 g/mol. The van der Waals surface area contributed by atoms with Gasteiger partial charge in [-0.05, 0) is 18.9 Å². The van der Waals surface area contributed by atoms with Crippen molar-refractivity contribution < 1.29 is 9.18 Å². The van der Waals surface area contributed by atoms with E-state index in [0.29, 0.717) is 24.4 Å². The van der Waals surface area contributed by atoms with E-state index in [0.717, 1.165) is 23.4 Å². The third-order valence-corrected chi connectivity index (χ3v) is 4.56. The molecule has 2 aromatic rings. The van der Waals surface area contributed by atoms with Crippen molar-refractivity contribution >= 4 is 12.1 Å². The molecule has 6 heteroatoms. The van der Waals surface area contributed by atoms with Crippen LogP contribution in [0.5, 0.6) is 0 Å². The number of aromatic nitrogens is 3. The van der Waals surface area contributed by atoms with Crippen LogP contribution in [-0.4, -0.2) is 34.8 Å². The SMILES string of the molecule is CN(Cc1c(C=O)ccnc1C/C=C\CF)c1cc(C2CC2)n(C)n1. The van der Waals surface area contributed by atoms with E-state index in [1.165, 1.54) is 24.6 Å². The normalized spacial score (nSPS) is 14.2. The maximum atomic E-state index is 12.3. The summed E-state index contributed by atoms with van der Waals surface area (Å²) in [6.45, 7) is 0.0301. The van der Waals surface area contributed by atoms with Gasteiger partial charge in [0.05, 0.1) is 0 Å². The van der Waals surface area contributed by atoms with E-state index in [9.17, 15) is 9.18 Å². The fourth-order valence-corrected chi connectivity index (χ4v) is 3.01. The van der Waals surface area contributed by atoms with E-state index in [1.54, 1.807) is 18.3 Å². The zero-order valence-corrected chi connectivity index (χ0v) is 14.7. The Morgan fingerprint density at radius 1 is 1.40 bits per heavy atom. The van der Waals surface area contributed by atoms with Crippen LogP contribution in [0.25, 0.3) is 0 Å². The van der Waals surface area contributed by atoms with Crippen LogP contribution < -0.4 is 4.90 Å². The predicted molar refractivity (Wildman–Crippen MR) is 95.7 cm³/mol. The van der Waals surface area contributed by atoms with Gasteiger partial charge in [0.1, 0.15) is 6.67 Å². The Morgan fingerprint density at radius 3 is 2.88 bits per heavy atom. The van der Waals surface area contributed by atoms with Gasteiger partial charge in [0.15, 0.2) is 12.1 Å². The van der Waals surface area contributed by atoms with Gasteiger partial charge in [-0.1, -0.05) is 12.2 Å². The van der Waals surface area contributed by atoms with E-state index in [-0.39, 0.29) is 0 Å². The van der Waals surface area contributed by atoms with Crippen molar-refractivity contribution in [1.29, 1.82) is 0 Å². The number of aldehydes is 1. The van der Waals surface area contributed by atoms with Crippen LogP contribution in [0.2, 0.25) is 0 Å². The van der Waals surface area contributed by atoms with Crippen LogP contribution in [-0.2, 0) is 20.0 Å². The first kappa shape index (κ1) is 17.3. The number of halogens is 1. The molecule has 132 valence electrons. The first-order valence-electron chi connectivity index (χ1n) is 8.52. The number of carbonyl (C=O) groups excluding carboxylic acids is 1. The Kier molecular flexibility index (Phi) is 5.26. The van der Waals surface area contributed by atoms with Crippen molar-refractivity contribution in [3.05, 3.63) is 53.0 Å². The Morgan fingerprint density at radius 2 is 2.20 bits per heavy atom. The number of alkyl halides is 1. The summed E-state index contributed by atoms with van der Waals surface area (Å²) >= 11 is 0. The van der Waals surface area contributed by atoms with Crippen LogP contribution in [0.15, 0.2) is 30.5 Å². The van der Waals surface area contributed by atoms with Crippen molar-refractivity contribution in [3.63, 3.8) is 0 Å². The molecular formula is C19H23FN4O. The predicted octanol–water partition coefficient (Wildman–Crippen LogP) is 3.21. The fourth-order valence-electron chi connectivity index (χ4n) is 3.01. The molecule has 5 nitrogen and oxygen atoms in total. The third kappa shape index (κ3) is 3.95. The maximum Gasteiger partial charge on any atom is 0.150 e. The summed E-state index contributed by atoms with van der Waals surface area (Å²) in [5.74, 6) is 1.51. The van der Waals surface area contributed by atoms with Crippen LogP contribution in [0.3, 0.4) is 0 Å². The monoisotopic (exact) mass is 342 g/mol. The second-order valence-corrected chi connectivity index (χ2v) is 6.45. The maximum absolute atomic E-state index is 12.3. The van der Waals surface area contributed by atoms with Gasteiger partial charge >= 0.3 is 0 Å². The number of carbonyl (C=O) groups is 1. The second kappa shape index (κ2) is 7.59. The number of allylic oxidation sites excluding steroid dienone is 2. The molecular weight excluding hydrogens is 319 g/mol. The van der Waals surface area contributed by atoms with Crippen molar-refractivity contribution in [2.24, 2.45) is 7.05 Å². The zero-order chi connectivity index (χ0) is 17.8. The summed E-state index contributed by atoms with van der Waals surface area (Å²) in [4.78, 5) is 17.8. The molecule has 0 aliphatic heterocycles. The Labute approximate surface area is 147 Å². The summed E-state index contributed by atoms with van der Waals surface area (Å²) in [6.07, 6.45) is 8.64. The summed E-state index contributed by atoms with van der Waals surface area (Å²) in [7, 11) is 3.93. The fraction of sp³-hybridized carbons (Fsp3) is 0.421. The molecule has 0 aromatic carbocycles. The van der Waals surface area contributed by atoms with E-state index in [2.05, 4.69) is 16.1 Å². The van der Waals surface area contributed by atoms with Crippen LogP contribution in [0.4, 0.5) is 10.2 Å². The molecule has 0 unspecified atom stereocenters. The lowest BCUT2D eigenvalue weighted by atomic mass is 10.0. The molecule has 0 atom stereocenters. The molecule has 1 fully saturated rings. The molecule has 1 saturated carbocycles. The van der Waals surface area contributed by atoms with Crippen molar-refractivity contribution in [1.82, 2.24) is 14.8 Å². The van der Waals surface area contributed by atoms with Crippen LogP contribution in [0, 0.1) is 0 Å². The van der Waals surface area contributed by atoms with Gasteiger partial charge in [0, 0.05) is 67.8 Å². The minimum Gasteiger partial charge on any atom is -0.354 e. The highest BCUT2D eigenvalue weighted by molar-refractivity contribution is 5.77. The lowest BCUT2D eigenvalue weighted by molar-refractivity contribution is 0.112. The first-order valence-corrected chi connectivity index (χ1v) is 8.52. The van der Waals surface area contributed by atoms with Gasteiger partial charge in [-0.2, -0.15) is 5.10 Å². The van der Waals surface area contributed by atoms with Gasteiger partial charge < -0.3 is 4.90 Å². The van der Waals surface area contributed by atoms with Crippen molar-refractivity contribution in [2.75, 3.05) is 18.6 Å². The van der Waals surface area contributed by atoms with E-state index in [1.807, 2.05) is 23.7 Å². The molecule has 0 N–H and O–H groups in total. The molecule has 0 radical (unpaired) electrons.